The van der Waals surface area contributed by atoms with Gasteiger partial charge in [0.15, 0.2) is 0 Å². The Balaban J connectivity index is 2.31. The van der Waals surface area contributed by atoms with E-state index < -0.39 is 4.92 Å². The first-order chi connectivity index (χ1) is 9.49. The van der Waals surface area contributed by atoms with E-state index in [1.54, 1.807) is 38.1 Å². The number of benzene rings is 2. The first kappa shape index (κ1) is 13.7. The third-order valence-corrected chi connectivity index (χ3v) is 3.00. The Bertz CT molecular complexity index is 643. The molecule has 0 bridgehead atoms. The van der Waals surface area contributed by atoms with Crippen LogP contribution in [0.4, 0.5) is 11.4 Å². The number of carbonyl (C=O) groups is 1. The number of nitrogens with zero attached hydrogens (tertiary/aromatic N) is 1. The minimum absolute atomic E-state index is 0.0257. The van der Waals surface area contributed by atoms with E-state index in [9.17, 15) is 14.9 Å². The molecule has 0 spiro atoms. The highest BCUT2D eigenvalue weighted by molar-refractivity contribution is 6.05. The van der Waals surface area contributed by atoms with E-state index in [1.807, 2.05) is 6.07 Å². The fraction of sp³-hybridized carbons (Fsp3) is 0.133. The summed E-state index contributed by atoms with van der Waals surface area (Å²) in [7, 11) is 0. The SMILES string of the molecule is Cc1cc([N+](=O)[O-])cc(C)c1NC(=O)c1ccccc1. The minimum atomic E-state index is -0.442. The van der Waals surface area contributed by atoms with Crippen LogP contribution in [0.3, 0.4) is 0 Å². The number of rotatable bonds is 3. The molecule has 1 amide bonds. The standard InChI is InChI=1S/C15H14N2O3/c1-10-8-13(17(19)20)9-11(2)14(10)16-15(18)12-6-4-3-5-7-12/h3-9H,1-2H3,(H,16,18). The number of aryl methyl sites for hydroxylation is 2. The van der Waals surface area contributed by atoms with E-state index >= 15 is 0 Å². The van der Waals surface area contributed by atoms with Gasteiger partial charge in [-0.05, 0) is 37.1 Å². The summed E-state index contributed by atoms with van der Waals surface area (Å²) in [6.45, 7) is 3.47. The number of nitro groups is 1. The van der Waals surface area contributed by atoms with Crippen molar-refractivity contribution in [3.05, 3.63) is 69.3 Å². The second-order valence-corrected chi connectivity index (χ2v) is 4.53. The third-order valence-electron chi connectivity index (χ3n) is 3.00. The van der Waals surface area contributed by atoms with Gasteiger partial charge in [-0.3, -0.25) is 14.9 Å². The molecule has 0 aliphatic rings. The van der Waals surface area contributed by atoms with Crippen LogP contribution in [-0.2, 0) is 0 Å². The maximum absolute atomic E-state index is 12.1. The Morgan fingerprint density at radius 2 is 1.65 bits per heavy atom. The van der Waals surface area contributed by atoms with Gasteiger partial charge in [-0.2, -0.15) is 0 Å². The lowest BCUT2D eigenvalue weighted by Gasteiger charge is -2.11. The van der Waals surface area contributed by atoms with Crippen LogP contribution in [0.25, 0.3) is 0 Å². The van der Waals surface area contributed by atoms with Gasteiger partial charge in [-0.25, -0.2) is 0 Å². The van der Waals surface area contributed by atoms with Gasteiger partial charge in [-0.1, -0.05) is 18.2 Å². The fourth-order valence-electron chi connectivity index (χ4n) is 2.02. The molecule has 1 N–H and O–H groups in total. The van der Waals surface area contributed by atoms with E-state index in [0.29, 0.717) is 22.4 Å². The van der Waals surface area contributed by atoms with E-state index in [4.69, 9.17) is 0 Å². The zero-order chi connectivity index (χ0) is 14.7. The van der Waals surface area contributed by atoms with Crippen LogP contribution in [0, 0.1) is 24.0 Å². The lowest BCUT2D eigenvalue weighted by Crippen LogP contribution is -2.13. The third kappa shape index (κ3) is 2.83. The van der Waals surface area contributed by atoms with Gasteiger partial charge in [0.2, 0.25) is 0 Å². The molecule has 5 nitrogen and oxygen atoms in total. The summed E-state index contributed by atoms with van der Waals surface area (Å²) in [5, 5.41) is 13.6. The Morgan fingerprint density at radius 1 is 1.10 bits per heavy atom. The van der Waals surface area contributed by atoms with Crippen LogP contribution in [-0.4, -0.2) is 10.8 Å². The number of hydrogen-bond donors (Lipinski definition) is 1. The van der Waals surface area contributed by atoms with Crippen molar-refractivity contribution < 1.29 is 9.72 Å². The normalized spacial score (nSPS) is 10.1. The maximum atomic E-state index is 12.1. The van der Waals surface area contributed by atoms with Crippen LogP contribution in [0.5, 0.6) is 0 Å². The quantitative estimate of drug-likeness (QED) is 0.685. The largest absolute Gasteiger partial charge is 0.321 e. The molecular formula is C15H14N2O3. The van der Waals surface area contributed by atoms with Crippen molar-refractivity contribution in [3.8, 4) is 0 Å². The minimum Gasteiger partial charge on any atom is -0.321 e. The summed E-state index contributed by atoms with van der Waals surface area (Å²) in [5.74, 6) is -0.231. The Morgan fingerprint density at radius 3 is 2.15 bits per heavy atom. The highest BCUT2D eigenvalue weighted by Crippen LogP contribution is 2.26. The molecule has 0 atom stereocenters. The van der Waals surface area contributed by atoms with E-state index in [0.717, 1.165) is 0 Å². The monoisotopic (exact) mass is 270 g/mol. The molecule has 0 aliphatic carbocycles. The van der Waals surface area contributed by atoms with Gasteiger partial charge >= 0.3 is 0 Å². The summed E-state index contributed by atoms with van der Waals surface area (Å²) in [6, 6.07) is 11.7. The van der Waals surface area contributed by atoms with Crippen molar-refractivity contribution >= 4 is 17.3 Å². The second kappa shape index (κ2) is 5.52. The number of anilines is 1. The fourth-order valence-corrected chi connectivity index (χ4v) is 2.02. The van der Waals surface area contributed by atoms with Gasteiger partial charge in [0.1, 0.15) is 0 Å². The van der Waals surface area contributed by atoms with Crippen molar-refractivity contribution in [2.24, 2.45) is 0 Å². The summed E-state index contributed by atoms with van der Waals surface area (Å²) in [4.78, 5) is 22.4. The number of nitro benzene ring substituents is 1. The molecular weight excluding hydrogens is 256 g/mol. The van der Waals surface area contributed by atoms with Crippen LogP contribution in [0.15, 0.2) is 42.5 Å². The highest BCUT2D eigenvalue weighted by Gasteiger charge is 2.14. The van der Waals surface area contributed by atoms with Crippen LogP contribution >= 0.6 is 0 Å². The topological polar surface area (TPSA) is 72.2 Å². The Hall–Kier alpha value is -2.69. The summed E-state index contributed by atoms with van der Waals surface area (Å²) in [6.07, 6.45) is 0. The molecule has 0 aromatic heterocycles. The van der Waals surface area contributed by atoms with Crippen molar-refractivity contribution in [1.82, 2.24) is 0 Å². The maximum Gasteiger partial charge on any atom is 0.270 e. The van der Waals surface area contributed by atoms with Gasteiger partial charge in [0.25, 0.3) is 11.6 Å². The molecule has 0 radical (unpaired) electrons. The average Bonchev–Trinajstić information content (AvgIpc) is 2.43. The number of amides is 1. The molecule has 2 aromatic rings. The van der Waals surface area contributed by atoms with Crippen LogP contribution < -0.4 is 5.32 Å². The zero-order valence-electron chi connectivity index (χ0n) is 11.2. The molecule has 0 saturated carbocycles. The van der Waals surface area contributed by atoms with Crippen LogP contribution in [0.2, 0.25) is 0 Å². The molecule has 0 fully saturated rings. The lowest BCUT2D eigenvalue weighted by atomic mass is 10.1. The zero-order valence-corrected chi connectivity index (χ0v) is 11.2. The van der Waals surface area contributed by atoms with Gasteiger partial charge in [0, 0.05) is 23.4 Å². The highest BCUT2D eigenvalue weighted by atomic mass is 16.6. The molecule has 5 heteroatoms. The van der Waals surface area contributed by atoms with Crippen LogP contribution in [0.1, 0.15) is 21.5 Å². The Labute approximate surface area is 116 Å². The molecule has 0 aliphatic heterocycles. The summed E-state index contributed by atoms with van der Waals surface area (Å²) in [5.41, 5.74) is 2.52. The van der Waals surface area contributed by atoms with Crippen molar-refractivity contribution in [1.29, 1.82) is 0 Å². The predicted molar refractivity (Wildman–Crippen MR) is 77.0 cm³/mol. The molecule has 20 heavy (non-hydrogen) atoms. The predicted octanol–water partition coefficient (Wildman–Crippen LogP) is 3.46. The first-order valence-corrected chi connectivity index (χ1v) is 6.11. The van der Waals surface area contributed by atoms with Crippen molar-refractivity contribution in [2.75, 3.05) is 5.32 Å². The number of non-ortho nitro benzene ring substituents is 1. The summed E-state index contributed by atoms with van der Waals surface area (Å²) < 4.78 is 0. The van der Waals surface area contributed by atoms with Gasteiger partial charge in [-0.15, -0.1) is 0 Å². The van der Waals surface area contributed by atoms with Gasteiger partial charge < -0.3 is 5.32 Å². The molecule has 0 unspecified atom stereocenters. The van der Waals surface area contributed by atoms with Gasteiger partial charge in [0.05, 0.1) is 4.92 Å². The number of hydrogen-bond acceptors (Lipinski definition) is 3. The lowest BCUT2D eigenvalue weighted by molar-refractivity contribution is -0.384. The molecule has 2 aromatic carbocycles. The van der Waals surface area contributed by atoms with E-state index in [1.165, 1.54) is 12.1 Å². The average molecular weight is 270 g/mol. The molecule has 2 rings (SSSR count). The van der Waals surface area contributed by atoms with E-state index in [2.05, 4.69) is 5.32 Å². The summed E-state index contributed by atoms with van der Waals surface area (Å²) >= 11 is 0. The molecule has 102 valence electrons. The first-order valence-electron chi connectivity index (χ1n) is 6.11. The van der Waals surface area contributed by atoms with Crippen molar-refractivity contribution in [3.63, 3.8) is 0 Å². The Kier molecular flexibility index (Phi) is 3.79. The number of carbonyl (C=O) groups excluding carboxylic acids is 1. The van der Waals surface area contributed by atoms with Crippen molar-refractivity contribution in [2.45, 2.75) is 13.8 Å². The second-order valence-electron chi connectivity index (χ2n) is 4.53. The number of nitrogens with one attached hydrogen (secondary N) is 1. The molecule has 0 heterocycles. The smallest absolute Gasteiger partial charge is 0.270 e. The van der Waals surface area contributed by atoms with E-state index in [-0.39, 0.29) is 11.6 Å². The molecule has 0 saturated heterocycles.